The van der Waals surface area contributed by atoms with Crippen LogP contribution >= 0.6 is 0 Å². The lowest BCUT2D eigenvalue weighted by Crippen LogP contribution is -2.62. The Morgan fingerprint density at radius 2 is 1.83 bits per heavy atom. The Kier molecular flexibility index (Phi) is 5.73. The number of carbonyl (C=O) groups is 1. The second-order valence-corrected chi connectivity index (χ2v) is 13.2. The van der Waals surface area contributed by atoms with E-state index in [0.717, 1.165) is 44.1 Å². The summed E-state index contributed by atoms with van der Waals surface area (Å²) in [5.74, 6) is 2.49. The molecule has 9 atom stereocenters. The summed E-state index contributed by atoms with van der Waals surface area (Å²) in [4.78, 5) is 13.2. The number of rotatable bonds is 3. The Bertz CT molecular complexity index is 1010. The third-order valence-corrected chi connectivity index (χ3v) is 11.4. The number of esters is 1. The zero-order valence-corrected chi connectivity index (χ0v) is 21.8. The number of ether oxygens (including phenoxy) is 1. The number of fused-ring (bicyclic) bond motifs is 5. The highest BCUT2D eigenvalue weighted by molar-refractivity contribution is 5.77. The minimum atomic E-state index is -0.435. The summed E-state index contributed by atoms with van der Waals surface area (Å²) >= 11 is 0. The lowest BCUT2D eigenvalue weighted by molar-refractivity contribution is -0.184. The highest BCUT2D eigenvalue weighted by atomic mass is 16.6. The smallest absolute Gasteiger partial charge is 0.324 e. The quantitative estimate of drug-likeness (QED) is 0.449. The van der Waals surface area contributed by atoms with Crippen LogP contribution in [0.5, 0.6) is 0 Å². The largest absolute Gasteiger partial charge is 0.457 e. The van der Waals surface area contributed by atoms with Gasteiger partial charge in [-0.05, 0) is 98.9 Å². The van der Waals surface area contributed by atoms with Gasteiger partial charge in [-0.25, -0.2) is 0 Å². The molecule has 2 N–H and O–H groups in total. The van der Waals surface area contributed by atoms with Gasteiger partial charge in [0.25, 0.3) is 0 Å². The highest BCUT2D eigenvalue weighted by Gasteiger charge is 2.63. The molecule has 4 fully saturated rings. The van der Waals surface area contributed by atoms with E-state index in [1.54, 1.807) is 0 Å². The highest BCUT2D eigenvalue weighted by Crippen LogP contribution is 2.67. The van der Waals surface area contributed by atoms with Gasteiger partial charge in [0.05, 0.1) is 6.10 Å². The van der Waals surface area contributed by atoms with E-state index in [0.29, 0.717) is 18.3 Å². The Balaban J connectivity index is 1.19. The minimum absolute atomic E-state index is 0.0816. The molecule has 1 aromatic rings. The van der Waals surface area contributed by atoms with Gasteiger partial charge >= 0.3 is 5.97 Å². The number of cyclic esters (lactones) is 1. The molecule has 4 aliphatic carbocycles. The first kappa shape index (κ1) is 23.7. The fourth-order valence-electron chi connectivity index (χ4n) is 9.59. The first-order valence-electron chi connectivity index (χ1n) is 14.1. The van der Waals surface area contributed by atoms with Gasteiger partial charge in [0.2, 0.25) is 0 Å². The fourth-order valence-corrected chi connectivity index (χ4v) is 9.59. The van der Waals surface area contributed by atoms with Gasteiger partial charge in [0, 0.05) is 12.5 Å². The van der Waals surface area contributed by atoms with Gasteiger partial charge < -0.3 is 15.2 Å². The number of aliphatic hydroxyl groups is 1. The van der Waals surface area contributed by atoms with Gasteiger partial charge in [-0.15, -0.1) is 0 Å². The molecule has 190 valence electrons. The molecule has 1 heterocycles. The van der Waals surface area contributed by atoms with Crippen LogP contribution in [0, 0.1) is 34.5 Å². The van der Waals surface area contributed by atoms with E-state index in [4.69, 9.17) is 4.74 Å². The average molecular weight is 478 g/mol. The van der Waals surface area contributed by atoms with Crippen LogP contribution in [-0.2, 0) is 16.0 Å². The van der Waals surface area contributed by atoms with Crippen LogP contribution in [0.1, 0.15) is 77.7 Å². The molecule has 3 saturated carbocycles. The number of carbonyl (C=O) groups excluding carboxylic acids is 1. The number of benzene rings is 1. The van der Waals surface area contributed by atoms with Gasteiger partial charge in [-0.1, -0.05) is 55.8 Å². The van der Waals surface area contributed by atoms with Crippen LogP contribution in [0.4, 0.5) is 0 Å². The van der Waals surface area contributed by atoms with Crippen molar-refractivity contribution in [3.8, 4) is 0 Å². The van der Waals surface area contributed by atoms with Crippen molar-refractivity contribution in [2.45, 2.75) is 96.3 Å². The maximum absolute atomic E-state index is 13.2. The molecule has 6 rings (SSSR count). The summed E-state index contributed by atoms with van der Waals surface area (Å²) in [5, 5.41) is 13.9. The topological polar surface area (TPSA) is 58.6 Å². The SMILES string of the molecule is C[C@]12CC[C@H](O)CC1=CC[C@@H]1[C@@H]2CC[C@]2(C)C([C@]3(C)CN[C@H](Cc4ccccc4)C(=O)O3)CC[C@@H]12. The van der Waals surface area contributed by atoms with E-state index in [-0.39, 0.29) is 28.9 Å². The maximum atomic E-state index is 13.2. The first-order chi connectivity index (χ1) is 16.7. The van der Waals surface area contributed by atoms with E-state index < -0.39 is 5.60 Å². The van der Waals surface area contributed by atoms with Crippen molar-refractivity contribution in [2.24, 2.45) is 34.5 Å². The molecule has 0 aromatic heterocycles. The van der Waals surface area contributed by atoms with E-state index in [1.165, 1.54) is 36.8 Å². The molecule has 4 heteroatoms. The summed E-state index contributed by atoms with van der Waals surface area (Å²) in [6.45, 7) is 7.96. The van der Waals surface area contributed by atoms with Crippen molar-refractivity contribution in [3.63, 3.8) is 0 Å². The average Bonchev–Trinajstić information content (AvgIpc) is 3.20. The molecule has 5 aliphatic rings. The van der Waals surface area contributed by atoms with Crippen LogP contribution in [0.2, 0.25) is 0 Å². The van der Waals surface area contributed by atoms with E-state index >= 15 is 0 Å². The fraction of sp³-hybridized carbons (Fsp3) is 0.710. The van der Waals surface area contributed by atoms with Crippen LogP contribution in [-0.4, -0.2) is 35.4 Å². The van der Waals surface area contributed by atoms with Crippen LogP contribution in [0.3, 0.4) is 0 Å². The van der Waals surface area contributed by atoms with Crippen LogP contribution in [0.15, 0.2) is 42.0 Å². The zero-order valence-electron chi connectivity index (χ0n) is 21.8. The van der Waals surface area contributed by atoms with Crippen molar-refractivity contribution in [3.05, 3.63) is 47.5 Å². The predicted molar refractivity (Wildman–Crippen MR) is 138 cm³/mol. The molecule has 0 radical (unpaired) electrons. The van der Waals surface area contributed by atoms with Gasteiger partial charge in [0.15, 0.2) is 0 Å². The number of hydrogen-bond donors (Lipinski definition) is 2. The summed E-state index contributed by atoms with van der Waals surface area (Å²) in [7, 11) is 0. The standard InChI is InChI=1S/C31H43NO3/c1-29-15-13-22(33)18-21(29)9-10-23-24-11-12-27(30(24,2)16-14-25(23)29)31(3)19-32-26(28(34)35-31)17-20-7-5-4-6-8-20/h4-9,22-27,32-33H,10-19H2,1-3H3/t22-,23-,24-,25-,26+,27?,29-,30-,31-/m0/s1. The Hall–Kier alpha value is -1.65. The van der Waals surface area contributed by atoms with E-state index in [1.807, 2.05) is 18.2 Å². The Morgan fingerprint density at radius 3 is 2.60 bits per heavy atom. The third-order valence-electron chi connectivity index (χ3n) is 11.4. The molecular formula is C31H43NO3. The predicted octanol–water partition coefficient (Wildman–Crippen LogP) is 5.44. The molecule has 0 spiro atoms. The van der Waals surface area contributed by atoms with E-state index in [9.17, 15) is 9.90 Å². The normalized spacial score (nSPS) is 47.2. The molecular weight excluding hydrogens is 434 g/mol. The van der Waals surface area contributed by atoms with Gasteiger partial charge in [-0.3, -0.25) is 4.79 Å². The van der Waals surface area contributed by atoms with Crippen molar-refractivity contribution in [1.29, 1.82) is 0 Å². The molecule has 4 nitrogen and oxygen atoms in total. The molecule has 1 saturated heterocycles. The second kappa shape index (κ2) is 8.45. The minimum Gasteiger partial charge on any atom is -0.457 e. The molecule has 1 aliphatic heterocycles. The monoisotopic (exact) mass is 477 g/mol. The Morgan fingerprint density at radius 1 is 1.03 bits per heavy atom. The second-order valence-electron chi connectivity index (χ2n) is 13.2. The summed E-state index contributed by atoms with van der Waals surface area (Å²) in [6.07, 6.45) is 12.1. The van der Waals surface area contributed by atoms with Crippen molar-refractivity contribution in [2.75, 3.05) is 6.54 Å². The van der Waals surface area contributed by atoms with Crippen LogP contribution < -0.4 is 5.32 Å². The van der Waals surface area contributed by atoms with Gasteiger partial charge in [0.1, 0.15) is 11.6 Å². The summed E-state index contributed by atoms with van der Waals surface area (Å²) in [5.41, 5.74) is 2.77. The molecule has 1 aromatic carbocycles. The number of aliphatic hydroxyl groups excluding tert-OH is 1. The third kappa shape index (κ3) is 3.73. The zero-order chi connectivity index (χ0) is 24.4. The lowest BCUT2D eigenvalue weighted by atomic mass is 9.46. The maximum Gasteiger partial charge on any atom is 0.324 e. The number of hydrogen-bond acceptors (Lipinski definition) is 4. The molecule has 1 unspecified atom stereocenters. The molecule has 35 heavy (non-hydrogen) atoms. The summed E-state index contributed by atoms with van der Waals surface area (Å²) < 4.78 is 6.37. The summed E-state index contributed by atoms with van der Waals surface area (Å²) in [6, 6.07) is 9.99. The van der Waals surface area contributed by atoms with E-state index in [2.05, 4.69) is 44.3 Å². The van der Waals surface area contributed by atoms with Crippen LogP contribution in [0.25, 0.3) is 0 Å². The first-order valence-corrected chi connectivity index (χ1v) is 14.1. The van der Waals surface area contributed by atoms with Gasteiger partial charge in [-0.2, -0.15) is 0 Å². The molecule has 0 bridgehead atoms. The lowest BCUT2D eigenvalue weighted by Gasteiger charge is -2.59. The Labute approximate surface area is 210 Å². The molecule has 0 amide bonds. The van der Waals surface area contributed by atoms with Crippen molar-refractivity contribution >= 4 is 5.97 Å². The van der Waals surface area contributed by atoms with Crippen molar-refractivity contribution < 1.29 is 14.6 Å². The number of nitrogens with one attached hydrogen (secondary N) is 1. The van der Waals surface area contributed by atoms with Crippen molar-refractivity contribution in [1.82, 2.24) is 5.32 Å². The number of morpholine rings is 1. The number of allylic oxidation sites excluding steroid dienone is 1.